The van der Waals surface area contributed by atoms with Gasteiger partial charge in [0.2, 0.25) is 0 Å². The number of aromatic nitrogens is 2. The van der Waals surface area contributed by atoms with Gasteiger partial charge < -0.3 is 19.5 Å². The van der Waals surface area contributed by atoms with Gasteiger partial charge in [0.25, 0.3) is 5.91 Å². The second kappa shape index (κ2) is 8.57. The zero-order valence-electron chi connectivity index (χ0n) is 20.6. The molecule has 182 valence electrons. The summed E-state index contributed by atoms with van der Waals surface area (Å²) in [5.41, 5.74) is 10.3. The van der Waals surface area contributed by atoms with Gasteiger partial charge in [-0.1, -0.05) is 12.1 Å². The molecule has 36 heavy (non-hydrogen) atoms. The summed E-state index contributed by atoms with van der Waals surface area (Å²) >= 11 is 0. The number of pyridine rings is 1. The Labute approximate surface area is 210 Å². The quantitative estimate of drug-likeness (QED) is 0.440. The molecule has 0 aliphatic carbocycles. The van der Waals surface area contributed by atoms with Crippen molar-refractivity contribution >= 4 is 16.9 Å². The zero-order valence-corrected chi connectivity index (χ0v) is 20.6. The number of H-pyrrole nitrogens is 1. The molecule has 7 rings (SSSR count). The fourth-order valence-corrected chi connectivity index (χ4v) is 6.29. The molecule has 2 aromatic carbocycles. The predicted molar refractivity (Wildman–Crippen MR) is 141 cm³/mol. The first-order valence-electron chi connectivity index (χ1n) is 12.9. The van der Waals surface area contributed by atoms with Gasteiger partial charge in [0.1, 0.15) is 5.65 Å². The Morgan fingerprint density at radius 2 is 1.83 bits per heavy atom. The lowest BCUT2D eigenvalue weighted by Crippen LogP contribution is -2.35. The lowest BCUT2D eigenvalue weighted by Gasteiger charge is -2.37. The molecule has 4 aromatic rings. The second-order valence-corrected chi connectivity index (χ2v) is 10.5. The van der Waals surface area contributed by atoms with E-state index in [-0.39, 0.29) is 5.91 Å². The summed E-state index contributed by atoms with van der Waals surface area (Å²) in [4.78, 5) is 25.2. The Bertz CT molecular complexity index is 1470. The molecule has 0 radical (unpaired) electrons. The number of nitrogens with zero attached hydrogens (tertiary/aromatic N) is 3. The molecule has 1 atom stereocenters. The SMILES string of the molecule is CN1Cc2cc(-c3cnc4[nH]cc(-c5ccc(C(=O)N6CCCC6)cc5)c4c3)cc3c2C(COC3)C1. The van der Waals surface area contributed by atoms with Crippen LogP contribution in [-0.2, 0) is 17.9 Å². The lowest BCUT2D eigenvalue weighted by molar-refractivity contribution is 0.0742. The van der Waals surface area contributed by atoms with E-state index in [1.165, 1.54) is 22.3 Å². The number of likely N-dealkylation sites (tertiary alicyclic amines) is 1. The van der Waals surface area contributed by atoms with Crippen molar-refractivity contribution in [1.82, 2.24) is 19.8 Å². The molecule has 1 saturated heterocycles. The van der Waals surface area contributed by atoms with Gasteiger partial charge in [-0.2, -0.15) is 0 Å². The van der Waals surface area contributed by atoms with Gasteiger partial charge in [-0.3, -0.25) is 4.79 Å². The minimum Gasteiger partial charge on any atom is -0.376 e. The van der Waals surface area contributed by atoms with E-state index in [0.717, 1.165) is 78.9 Å². The van der Waals surface area contributed by atoms with E-state index < -0.39 is 0 Å². The molecule has 2 aromatic heterocycles. The van der Waals surface area contributed by atoms with E-state index in [1.54, 1.807) is 0 Å². The van der Waals surface area contributed by atoms with Crippen molar-refractivity contribution in [2.45, 2.75) is 31.9 Å². The Kier molecular flexibility index (Phi) is 5.19. The number of rotatable bonds is 3. The third-order valence-corrected chi connectivity index (χ3v) is 8.01. The number of amides is 1. The van der Waals surface area contributed by atoms with Crippen LogP contribution in [0.4, 0.5) is 0 Å². The minimum absolute atomic E-state index is 0.134. The van der Waals surface area contributed by atoms with Gasteiger partial charge in [0.05, 0.1) is 13.2 Å². The summed E-state index contributed by atoms with van der Waals surface area (Å²) in [7, 11) is 2.19. The first-order valence-corrected chi connectivity index (χ1v) is 12.9. The van der Waals surface area contributed by atoms with Crippen LogP contribution in [-0.4, -0.2) is 59.0 Å². The third kappa shape index (κ3) is 3.64. The van der Waals surface area contributed by atoms with Gasteiger partial charge in [0.15, 0.2) is 0 Å². The highest BCUT2D eigenvalue weighted by Crippen LogP contribution is 2.39. The van der Waals surface area contributed by atoms with Crippen molar-refractivity contribution in [2.24, 2.45) is 0 Å². The van der Waals surface area contributed by atoms with Gasteiger partial charge in [-0.25, -0.2) is 4.98 Å². The number of carbonyl (C=O) groups is 1. The Morgan fingerprint density at radius 1 is 1.03 bits per heavy atom. The number of hydrogen-bond donors (Lipinski definition) is 1. The van der Waals surface area contributed by atoms with Crippen LogP contribution in [0.15, 0.2) is 54.9 Å². The number of nitrogens with one attached hydrogen (secondary N) is 1. The number of ether oxygens (including phenoxy) is 1. The van der Waals surface area contributed by atoms with Gasteiger partial charge in [0, 0.05) is 66.6 Å². The Morgan fingerprint density at radius 3 is 2.67 bits per heavy atom. The number of benzene rings is 2. The number of hydrogen-bond acceptors (Lipinski definition) is 4. The molecule has 6 heteroatoms. The Balaban J connectivity index is 1.25. The van der Waals surface area contributed by atoms with Gasteiger partial charge in [-0.15, -0.1) is 0 Å². The maximum atomic E-state index is 12.8. The fraction of sp³-hybridized carbons (Fsp3) is 0.333. The van der Waals surface area contributed by atoms with E-state index in [0.29, 0.717) is 12.5 Å². The smallest absolute Gasteiger partial charge is 0.253 e. The summed E-state index contributed by atoms with van der Waals surface area (Å²) in [5, 5.41) is 1.09. The normalized spacial score (nSPS) is 19.6. The molecule has 3 aliphatic rings. The lowest BCUT2D eigenvalue weighted by atomic mass is 9.83. The van der Waals surface area contributed by atoms with E-state index in [9.17, 15) is 4.79 Å². The molecule has 1 amide bonds. The molecule has 1 N–H and O–H groups in total. The molecule has 5 heterocycles. The standard InChI is InChI=1S/C30H30N4O2/c1-33-15-23-10-21(11-24-17-36-18-25(16-33)28(23)24)22-12-26-27(14-32-29(26)31-13-22)19-4-6-20(7-5-19)30(35)34-8-2-3-9-34/h4-7,10-14,25H,2-3,8-9,15-18H2,1H3,(H,31,32). The first kappa shape index (κ1) is 21.8. The van der Waals surface area contributed by atoms with Crippen molar-refractivity contribution in [3.63, 3.8) is 0 Å². The van der Waals surface area contributed by atoms with Crippen LogP contribution < -0.4 is 0 Å². The summed E-state index contributed by atoms with van der Waals surface area (Å²) in [5.74, 6) is 0.601. The summed E-state index contributed by atoms with van der Waals surface area (Å²) in [6, 6.07) is 14.9. The van der Waals surface area contributed by atoms with Crippen LogP contribution in [0.1, 0.15) is 45.8 Å². The predicted octanol–water partition coefficient (Wildman–Crippen LogP) is 5.19. The maximum absolute atomic E-state index is 12.8. The van der Waals surface area contributed by atoms with Gasteiger partial charge in [-0.05, 0) is 78.0 Å². The topological polar surface area (TPSA) is 61.5 Å². The summed E-state index contributed by atoms with van der Waals surface area (Å²) in [6.45, 7) is 5.26. The highest BCUT2D eigenvalue weighted by atomic mass is 16.5. The monoisotopic (exact) mass is 478 g/mol. The largest absolute Gasteiger partial charge is 0.376 e. The highest BCUT2D eigenvalue weighted by molar-refractivity contribution is 5.98. The molecule has 6 nitrogen and oxygen atoms in total. The minimum atomic E-state index is 0.134. The number of likely N-dealkylation sites (N-methyl/N-ethyl adjacent to an activating group) is 1. The molecular formula is C30H30N4O2. The van der Waals surface area contributed by atoms with Crippen molar-refractivity contribution in [3.05, 3.63) is 77.1 Å². The second-order valence-electron chi connectivity index (χ2n) is 10.5. The highest BCUT2D eigenvalue weighted by Gasteiger charge is 2.30. The molecular weight excluding hydrogens is 448 g/mol. The zero-order chi connectivity index (χ0) is 24.2. The Hall–Kier alpha value is -3.48. The summed E-state index contributed by atoms with van der Waals surface area (Å²) in [6.07, 6.45) is 6.18. The number of aromatic amines is 1. The average Bonchev–Trinajstić information content (AvgIpc) is 3.58. The van der Waals surface area contributed by atoms with Crippen LogP contribution >= 0.6 is 0 Å². The van der Waals surface area contributed by atoms with Crippen LogP contribution in [0, 0.1) is 0 Å². The third-order valence-electron chi connectivity index (χ3n) is 8.01. The first-order chi connectivity index (χ1) is 17.6. The molecule has 0 bridgehead atoms. The number of fused-ring (bicyclic) bond motifs is 1. The van der Waals surface area contributed by atoms with Crippen LogP contribution in [0.5, 0.6) is 0 Å². The van der Waals surface area contributed by atoms with E-state index in [1.807, 2.05) is 29.4 Å². The van der Waals surface area contributed by atoms with Crippen LogP contribution in [0.25, 0.3) is 33.3 Å². The van der Waals surface area contributed by atoms with Crippen LogP contribution in [0.3, 0.4) is 0 Å². The van der Waals surface area contributed by atoms with Crippen molar-refractivity contribution in [3.8, 4) is 22.3 Å². The fourth-order valence-electron chi connectivity index (χ4n) is 6.29. The van der Waals surface area contributed by atoms with Crippen molar-refractivity contribution in [1.29, 1.82) is 0 Å². The molecule has 1 fully saturated rings. The average molecular weight is 479 g/mol. The van der Waals surface area contributed by atoms with E-state index in [4.69, 9.17) is 9.72 Å². The van der Waals surface area contributed by atoms with E-state index in [2.05, 4.69) is 47.3 Å². The van der Waals surface area contributed by atoms with Gasteiger partial charge >= 0.3 is 0 Å². The molecule has 0 spiro atoms. The molecule has 1 unspecified atom stereocenters. The summed E-state index contributed by atoms with van der Waals surface area (Å²) < 4.78 is 5.95. The van der Waals surface area contributed by atoms with Crippen molar-refractivity contribution < 1.29 is 9.53 Å². The van der Waals surface area contributed by atoms with Crippen molar-refractivity contribution in [2.75, 3.05) is 33.3 Å². The molecule has 0 saturated carbocycles. The molecule has 3 aliphatic heterocycles. The number of carbonyl (C=O) groups excluding carboxylic acids is 1. The van der Waals surface area contributed by atoms with Crippen LogP contribution in [0.2, 0.25) is 0 Å². The maximum Gasteiger partial charge on any atom is 0.253 e. The van der Waals surface area contributed by atoms with E-state index >= 15 is 0 Å².